The van der Waals surface area contributed by atoms with Gasteiger partial charge in [0, 0.05) is 13.1 Å². The summed E-state index contributed by atoms with van der Waals surface area (Å²) in [6.07, 6.45) is 7.15. The largest absolute Gasteiger partial charge is 0.436 e. The molecule has 0 bridgehead atoms. The minimum Gasteiger partial charge on any atom is -0.436 e. The molecule has 1 heterocycles. The number of carbonyl (C=O) groups excluding carboxylic acids is 2. The Kier molecular flexibility index (Phi) is 6.50. The molecule has 0 unspecified atom stereocenters. The lowest BCUT2D eigenvalue weighted by Gasteiger charge is -2.27. The second-order valence-corrected chi connectivity index (χ2v) is 6.18. The van der Waals surface area contributed by atoms with Gasteiger partial charge in [0.1, 0.15) is 6.54 Å². The van der Waals surface area contributed by atoms with Gasteiger partial charge in [0.05, 0.1) is 6.07 Å². The number of hydrogen-bond donors (Lipinski definition) is 1. The van der Waals surface area contributed by atoms with Gasteiger partial charge in [0.15, 0.2) is 6.10 Å². The van der Waals surface area contributed by atoms with Crippen LogP contribution in [0.2, 0.25) is 0 Å². The molecule has 1 saturated carbocycles. The smallest absolute Gasteiger partial charge is 0.410 e. The quantitative estimate of drug-likeness (QED) is 0.789. The van der Waals surface area contributed by atoms with E-state index >= 15 is 0 Å². The summed E-state index contributed by atoms with van der Waals surface area (Å²) < 4.78 is 5.46. The van der Waals surface area contributed by atoms with E-state index in [0.29, 0.717) is 25.4 Å². The van der Waals surface area contributed by atoms with Crippen LogP contribution in [0.15, 0.2) is 0 Å². The van der Waals surface area contributed by atoms with Crippen LogP contribution in [0.3, 0.4) is 0 Å². The van der Waals surface area contributed by atoms with E-state index in [1.807, 2.05) is 6.07 Å². The minimum absolute atomic E-state index is 0.0543. The van der Waals surface area contributed by atoms with E-state index < -0.39 is 12.2 Å². The molecule has 0 aromatic carbocycles. The molecule has 122 valence electrons. The van der Waals surface area contributed by atoms with Gasteiger partial charge in [-0.05, 0) is 25.2 Å². The fourth-order valence-electron chi connectivity index (χ4n) is 3.27. The topological polar surface area (TPSA) is 82.4 Å². The van der Waals surface area contributed by atoms with Gasteiger partial charge in [0.2, 0.25) is 0 Å². The first-order chi connectivity index (χ1) is 10.7. The van der Waals surface area contributed by atoms with Crippen molar-refractivity contribution in [1.29, 1.82) is 5.26 Å². The molecule has 2 rings (SSSR count). The van der Waals surface area contributed by atoms with Crippen LogP contribution >= 0.6 is 0 Å². The molecule has 2 aliphatic rings. The van der Waals surface area contributed by atoms with Crippen LogP contribution in [-0.2, 0) is 9.53 Å². The Labute approximate surface area is 131 Å². The summed E-state index contributed by atoms with van der Waals surface area (Å²) in [6, 6.07) is 1.88. The number of nitriles is 1. The second kappa shape index (κ2) is 8.62. The van der Waals surface area contributed by atoms with Crippen molar-refractivity contribution in [2.45, 2.75) is 57.5 Å². The zero-order valence-corrected chi connectivity index (χ0v) is 13.1. The molecule has 1 atom stereocenters. The van der Waals surface area contributed by atoms with Crippen LogP contribution in [0.4, 0.5) is 4.79 Å². The molecule has 6 heteroatoms. The molecule has 0 radical (unpaired) electrons. The zero-order valence-electron chi connectivity index (χ0n) is 13.1. The van der Waals surface area contributed by atoms with E-state index in [-0.39, 0.29) is 12.5 Å². The van der Waals surface area contributed by atoms with Gasteiger partial charge in [-0.15, -0.1) is 0 Å². The molecule has 1 aliphatic carbocycles. The van der Waals surface area contributed by atoms with Crippen LogP contribution in [-0.4, -0.2) is 42.6 Å². The second-order valence-electron chi connectivity index (χ2n) is 6.18. The summed E-state index contributed by atoms with van der Waals surface area (Å²) in [5.74, 6) is 0.0811. The Balaban J connectivity index is 1.91. The molecule has 0 spiro atoms. The highest BCUT2D eigenvalue weighted by molar-refractivity contribution is 5.83. The molecule has 1 saturated heterocycles. The van der Waals surface area contributed by atoms with Crippen molar-refractivity contribution in [3.63, 3.8) is 0 Å². The van der Waals surface area contributed by atoms with E-state index in [2.05, 4.69) is 5.32 Å². The van der Waals surface area contributed by atoms with Crippen LogP contribution in [0.1, 0.15) is 51.4 Å². The third kappa shape index (κ3) is 4.90. The highest BCUT2D eigenvalue weighted by atomic mass is 16.6. The predicted octanol–water partition coefficient (Wildman–Crippen LogP) is 2.20. The SMILES string of the molecule is N#CCNC(=O)[C@H](CC1CCCCC1)OC(=O)N1CCCC1. The maximum atomic E-state index is 12.2. The molecule has 0 aromatic heterocycles. The molecule has 1 N–H and O–H groups in total. The molecule has 0 aromatic rings. The highest BCUT2D eigenvalue weighted by Crippen LogP contribution is 2.28. The fraction of sp³-hybridized carbons (Fsp3) is 0.812. The first-order valence-electron chi connectivity index (χ1n) is 8.31. The third-order valence-corrected chi connectivity index (χ3v) is 4.51. The van der Waals surface area contributed by atoms with Crippen LogP contribution < -0.4 is 5.32 Å². The highest BCUT2D eigenvalue weighted by Gasteiger charge is 2.30. The van der Waals surface area contributed by atoms with Gasteiger partial charge in [-0.2, -0.15) is 5.26 Å². The number of rotatable bonds is 5. The maximum absolute atomic E-state index is 12.2. The van der Waals surface area contributed by atoms with E-state index in [9.17, 15) is 9.59 Å². The summed E-state index contributed by atoms with van der Waals surface area (Å²) >= 11 is 0. The van der Waals surface area contributed by atoms with Crippen molar-refractivity contribution in [2.24, 2.45) is 5.92 Å². The first kappa shape index (κ1) is 16.6. The number of amides is 2. The average molecular weight is 307 g/mol. The molecule has 6 nitrogen and oxygen atoms in total. The Hall–Kier alpha value is -1.77. The zero-order chi connectivity index (χ0) is 15.8. The van der Waals surface area contributed by atoms with Gasteiger partial charge in [-0.3, -0.25) is 4.79 Å². The van der Waals surface area contributed by atoms with E-state index in [1.54, 1.807) is 4.90 Å². The molecule has 2 fully saturated rings. The van der Waals surface area contributed by atoms with Crippen molar-refractivity contribution in [3.05, 3.63) is 0 Å². The van der Waals surface area contributed by atoms with Gasteiger partial charge >= 0.3 is 6.09 Å². The summed E-state index contributed by atoms with van der Waals surface area (Å²) in [5, 5.41) is 11.1. The molecular weight excluding hydrogens is 282 g/mol. The Morgan fingerprint density at radius 3 is 2.50 bits per heavy atom. The van der Waals surface area contributed by atoms with Crippen LogP contribution in [0.5, 0.6) is 0 Å². The minimum atomic E-state index is -0.774. The third-order valence-electron chi connectivity index (χ3n) is 4.51. The lowest BCUT2D eigenvalue weighted by Crippen LogP contribution is -2.42. The number of hydrogen-bond acceptors (Lipinski definition) is 4. The Morgan fingerprint density at radius 1 is 1.18 bits per heavy atom. The van der Waals surface area contributed by atoms with Gasteiger partial charge in [-0.25, -0.2) is 4.79 Å². The van der Waals surface area contributed by atoms with Crippen LogP contribution in [0, 0.1) is 17.2 Å². The van der Waals surface area contributed by atoms with Crippen LogP contribution in [0.25, 0.3) is 0 Å². The average Bonchev–Trinajstić information content (AvgIpc) is 3.07. The first-order valence-corrected chi connectivity index (χ1v) is 8.31. The predicted molar refractivity (Wildman–Crippen MR) is 80.9 cm³/mol. The normalized spacial score (nSPS) is 20.2. The lowest BCUT2D eigenvalue weighted by atomic mass is 9.85. The van der Waals surface area contributed by atoms with Crippen molar-refractivity contribution in [1.82, 2.24) is 10.2 Å². The van der Waals surface area contributed by atoms with Gasteiger partial charge in [-0.1, -0.05) is 32.1 Å². The monoisotopic (exact) mass is 307 g/mol. The molecular formula is C16H25N3O3. The number of ether oxygens (including phenoxy) is 1. The number of likely N-dealkylation sites (tertiary alicyclic amines) is 1. The van der Waals surface area contributed by atoms with Crippen molar-refractivity contribution in [3.8, 4) is 6.07 Å². The number of nitrogens with one attached hydrogen (secondary N) is 1. The number of nitrogens with zero attached hydrogens (tertiary/aromatic N) is 2. The lowest BCUT2D eigenvalue weighted by molar-refractivity contribution is -0.130. The van der Waals surface area contributed by atoms with Crippen molar-refractivity contribution < 1.29 is 14.3 Å². The molecule has 1 aliphatic heterocycles. The summed E-state index contributed by atoms with van der Waals surface area (Å²) in [7, 11) is 0. The van der Waals surface area contributed by atoms with Gasteiger partial charge < -0.3 is 15.0 Å². The standard InChI is InChI=1S/C16H25N3O3/c17-8-9-18-15(20)14(12-13-6-2-1-3-7-13)22-16(21)19-10-4-5-11-19/h13-14H,1-7,9-12H2,(H,18,20)/t14-/m0/s1. The molecule has 2 amide bonds. The fourth-order valence-corrected chi connectivity index (χ4v) is 3.27. The molecule has 22 heavy (non-hydrogen) atoms. The summed E-state index contributed by atoms with van der Waals surface area (Å²) in [4.78, 5) is 26.0. The van der Waals surface area contributed by atoms with E-state index in [0.717, 1.165) is 25.7 Å². The summed E-state index contributed by atoms with van der Waals surface area (Å²) in [5.41, 5.74) is 0. The van der Waals surface area contributed by atoms with E-state index in [1.165, 1.54) is 19.3 Å². The Bertz CT molecular complexity index is 421. The maximum Gasteiger partial charge on any atom is 0.410 e. The Morgan fingerprint density at radius 2 is 1.86 bits per heavy atom. The van der Waals surface area contributed by atoms with Crippen molar-refractivity contribution in [2.75, 3.05) is 19.6 Å². The van der Waals surface area contributed by atoms with Crippen molar-refractivity contribution >= 4 is 12.0 Å². The summed E-state index contributed by atoms with van der Waals surface area (Å²) in [6.45, 7) is 1.35. The van der Waals surface area contributed by atoms with E-state index in [4.69, 9.17) is 10.00 Å². The van der Waals surface area contributed by atoms with Gasteiger partial charge in [0.25, 0.3) is 5.91 Å². The number of carbonyl (C=O) groups is 2.